The first-order valence-electron chi connectivity index (χ1n) is 5.89. The number of rotatable bonds is 3. The summed E-state index contributed by atoms with van der Waals surface area (Å²) < 4.78 is 26.9. The molecule has 0 bridgehead atoms. The molecular weight excluding hydrogens is 248 g/mol. The van der Waals surface area contributed by atoms with Crippen LogP contribution in [0.4, 0.5) is 5.69 Å². The van der Waals surface area contributed by atoms with Gasteiger partial charge in [0.05, 0.1) is 5.69 Å². The van der Waals surface area contributed by atoms with Gasteiger partial charge < -0.3 is 5.73 Å². The summed E-state index contributed by atoms with van der Waals surface area (Å²) >= 11 is 0. The maximum Gasteiger partial charge on any atom is 0.242 e. The van der Waals surface area contributed by atoms with Gasteiger partial charge in [0.2, 0.25) is 10.0 Å². The summed E-state index contributed by atoms with van der Waals surface area (Å²) in [6.07, 6.45) is 0. The Bertz CT molecular complexity index is 543. The quantitative estimate of drug-likeness (QED) is 0.827. The summed E-state index contributed by atoms with van der Waals surface area (Å²) in [5.74, 6) is 0. The Morgan fingerprint density at radius 2 is 1.67 bits per heavy atom. The van der Waals surface area contributed by atoms with Crippen molar-refractivity contribution < 1.29 is 8.42 Å². The number of anilines is 1. The van der Waals surface area contributed by atoms with Gasteiger partial charge in [-0.2, -0.15) is 0 Å². The van der Waals surface area contributed by atoms with Crippen LogP contribution >= 0.6 is 0 Å². The number of nitrogen functional groups attached to an aromatic ring is 1. The van der Waals surface area contributed by atoms with E-state index in [0.29, 0.717) is 12.2 Å². The summed E-state index contributed by atoms with van der Waals surface area (Å²) in [5.41, 5.74) is 7.88. The largest absolute Gasteiger partial charge is 0.398 e. The third kappa shape index (κ3) is 3.71. The predicted octanol–water partition coefficient (Wildman–Crippen LogP) is 2.21. The summed E-state index contributed by atoms with van der Waals surface area (Å²) in [4.78, 5) is 0.162. The number of sulfonamides is 1. The maximum absolute atomic E-state index is 12.2. The molecule has 1 aromatic carbocycles. The first-order valence-corrected chi connectivity index (χ1v) is 7.38. The lowest BCUT2D eigenvalue weighted by atomic mass is 9.98. The molecule has 4 nitrogen and oxygen atoms in total. The van der Waals surface area contributed by atoms with E-state index < -0.39 is 10.0 Å². The van der Waals surface area contributed by atoms with Crippen molar-refractivity contribution in [3.63, 3.8) is 0 Å². The molecule has 0 amide bonds. The topological polar surface area (TPSA) is 72.2 Å². The van der Waals surface area contributed by atoms with Gasteiger partial charge in [-0.05, 0) is 42.5 Å². The molecule has 0 saturated heterocycles. The van der Waals surface area contributed by atoms with Gasteiger partial charge in [-0.1, -0.05) is 20.8 Å². The van der Waals surface area contributed by atoms with Crippen molar-refractivity contribution in [1.82, 2.24) is 4.72 Å². The molecule has 0 aliphatic carbocycles. The van der Waals surface area contributed by atoms with Gasteiger partial charge in [0.1, 0.15) is 4.90 Å². The Hall–Kier alpha value is -1.07. The molecule has 0 radical (unpaired) electrons. The molecule has 1 aromatic rings. The van der Waals surface area contributed by atoms with E-state index in [4.69, 9.17) is 5.73 Å². The van der Waals surface area contributed by atoms with Crippen LogP contribution in [0.3, 0.4) is 0 Å². The van der Waals surface area contributed by atoms with Crippen LogP contribution in [0.1, 0.15) is 31.9 Å². The number of benzene rings is 1. The van der Waals surface area contributed by atoms with Crippen molar-refractivity contribution in [3.05, 3.63) is 23.3 Å². The van der Waals surface area contributed by atoms with E-state index in [2.05, 4.69) is 4.72 Å². The highest BCUT2D eigenvalue weighted by Crippen LogP contribution is 2.23. The Balaban J connectivity index is 3.10. The Kier molecular flexibility index (Phi) is 4.08. The zero-order chi connectivity index (χ0) is 14.1. The lowest BCUT2D eigenvalue weighted by molar-refractivity contribution is 0.407. The zero-order valence-corrected chi connectivity index (χ0v) is 12.5. The second-order valence-electron chi connectivity index (χ2n) is 5.86. The smallest absolute Gasteiger partial charge is 0.242 e. The first-order chi connectivity index (χ1) is 8.03. The molecule has 102 valence electrons. The normalized spacial score (nSPS) is 12.7. The number of hydrogen-bond acceptors (Lipinski definition) is 3. The van der Waals surface area contributed by atoms with Crippen molar-refractivity contribution in [2.45, 2.75) is 39.5 Å². The highest BCUT2D eigenvalue weighted by atomic mass is 32.2. The van der Waals surface area contributed by atoms with Crippen LogP contribution < -0.4 is 10.5 Å². The minimum Gasteiger partial charge on any atom is -0.398 e. The van der Waals surface area contributed by atoms with Crippen LogP contribution in [0.5, 0.6) is 0 Å². The molecule has 0 atom stereocenters. The molecule has 0 unspecified atom stereocenters. The second kappa shape index (κ2) is 4.90. The molecule has 1 rings (SSSR count). The minimum atomic E-state index is -3.54. The van der Waals surface area contributed by atoms with Crippen molar-refractivity contribution in [3.8, 4) is 0 Å². The molecule has 0 saturated carbocycles. The third-order valence-corrected chi connectivity index (χ3v) is 4.17. The van der Waals surface area contributed by atoms with E-state index in [0.717, 1.165) is 11.1 Å². The molecule has 0 aliphatic rings. The number of nitrogens with one attached hydrogen (secondary N) is 1. The Morgan fingerprint density at radius 3 is 2.17 bits per heavy atom. The molecule has 5 heteroatoms. The van der Waals surface area contributed by atoms with E-state index in [1.54, 1.807) is 12.1 Å². The van der Waals surface area contributed by atoms with Gasteiger partial charge in [0, 0.05) is 6.54 Å². The highest BCUT2D eigenvalue weighted by molar-refractivity contribution is 7.89. The van der Waals surface area contributed by atoms with E-state index >= 15 is 0 Å². The maximum atomic E-state index is 12.2. The monoisotopic (exact) mass is 270 g/mol. The summed E-state index contributed by atoms with van der Waals surface area (Å²) in [7, 11) is -3.54. The van der Waals surface area contributed by atoms with Gasteiger partial charge in [-0.25, -0.2) is 13.1 Å². The van der Waals surface area contributed by atoms with Crippen molar-refractivity contribution >= 4 is 15.7 Å². The standard InChI is InChI=1S/C13H22N2O2S/c1-9-6-11(14)12(7-10(9)2)18(16,17)15-8-13(3,4)5/h6-7,15H,8,14H2,1-5H3. The zero-order valence-electron chi connectivity index (χ0n) is 11.7. The van der Waals surface area contributed by atoms with Crippen LogP contribution in [0.2, 0.25) is 0 Å². The fourth-order valence-corrected chi connectivity index (χ4v) is 2.91. The average molecular weight is 270 g/mol. The van der Waals surface area contributed by atoms with Crippen molar-refractivity contribution in [1.29, 1.82) is 0 Å². The molecule has 0 aromatic heterocycles. The van der Waals surface area contributed by atoms with E-state index in [9.17, 15) is 8.42 Å². The summed E-state index contributed by atoms with van der Waals surface area (Å²) in [6, 6.07) is 3.32. The van der Waals surface area contributed by atoms with Crippen LogP contribution in [-0.4, -0.2) is 15.0 Å². The van der Waals surface area contributed by atoms with Crippen LogP contribution in [0.15, 0.2) is 17.0 Å². The third-order valence-electron chi connectivity index (χ3n) is 2.71. The lowest BCUT2D eigenvalue weighted by Crippen LogP contribution is -2.32. The highest BCUT2D eigenvalue weighted by Gasteiger charge is 2.21. The minimum absolute atomic E-state index is 0.110. The lowest BCUT2D eigenvalue weighted by Gasteiger charge is -2.19. The molecule has 0 fully saturated rings. The van der Waals surface area contributed by atoms with E-state index in [1.807, 2.05) is 34.6 Å². The fraction of sp³-hybridized carbons (Fsp3) is 0.538. The van der Waals surface area contributed by atoms with Crippen LogP contribution in [-0.2, 0) is 10.0 Å². The molecular formula is C13H22N2O2S. The fourth-order valence-electron chi connectivity index (χ4n) is 1.43. The molecule has 18 heavy (non-hydrogen) atoms. The first kappa shape index (κ1) is 15.0. The second-order valence-corrected chi connectivity index (χ2v) is 7.59. The van der Waals surface area contributed by atoms with Gasteiger partial charge in [0.15, 0.2) is 0 Å². The number of aryl methyl sites for hydroxylation is 2. The van der Waals surface area contributed by atoms with Crippen molar-refractivity contribution in [2.75, 3.05) is 12.3 Å². The van der Waals surface area contributed by atoms with E-state index in [-0.39, 0.29) is 10.3 Å². The van der Waals surface area contributed by atoms with Gasteiger partial charge >= 0.3 is 0 Å². The Morgan fingerprint density at radius 1 is 1.17 bits per heavy atom. The molecule has 0 spiro atoms. The Labute approximate surface area is 110 Å². The van der Waals surface area contributed by atoms with Crippen LogP contribution in [0.25, 0.3) is 0 Å². The van der Waals surface area contributed by atoms with Gasteiger partial charge in [-0.3, -0.25) is 0 Å². The summed E-state index contributed by atoms with van der Waals surface area (Å²) in [6.45, 7) is 10.1. The predicted molar refractivity (Wildman–Crippen MR) is 75.0 cm³/mol. The number of nitrogens with two attached hydrogens (primary N) is 1. The number of hydrogen-bond donors (Lipinski definition) is 2. The van der Waals surface area contributed by atoms with Crippen molar-refractivity contribution in [2.24, 2.45) is 5.41 Å². The average Bonchev–Trinajstić information content (AvgIpc) is 2.19. The van der Waals surface area contributed by atoms with Gasteiger partial charge in [0.25, 0.3) is 0 Å². The summed E-state index contributed by atoms with van der Waals surface area (Å²) in [5, 5.41) is 0. The van der Waals surface area contributed by atoms with E-state index in [1.165, 1.54) is 0 Å². The SMILES string of the molecule is Cc1cc(N)c(S(=O)(=O)NCC(C)(C)C)cc1C. The van der Waals surface area contributed by atoms with Crippen LogP contribution in [0, 0.1) is 19.3 Å². The molecule has 0 heterocycles. The molecule has 0 aliphatic heterocycles. The molecule has 3 N–H and O–H groups in total. The van der Waals surface area contributed by atoms with Gasteiger partial charge in [-0.15, -0.1) is 0 Å².